The summed E-state index contributed by atoms with van der Waals surface area (Å²) < 4.78 is 0. The molecule has 0 aliphatic carbocycles. The number of carboxylic acid groups (broad SMARTS) is 1. The number of amides is 3. The molecule has 11 nitrogen and oxygen atoms in total. The van der Waals surface area contributed by atoms with E-state index in [2.05, 4.69) is 16.0 Å². The number of phenols is 1. The molecule has 2 aromatic carbocycles. The molecule has 0 heterocycles. The molecule has 38 heavy (non-hydrogen) atoms. The molecule has 0 fully saturated rings. The number of carbonyl (C=O) groups excluding carboxylic acids is 3. The Bertz CT molecular complexity index is 1080. The Morgan fingerprint density at radius 2 is 1.39 bits per heavy atom. The van der Waals surface area contributed by atoms with Crippen molar-refractivity contribution in [2.45, 2.75) is 57.3 Å². The number of phenolic OH excluding ortho intramolecular Hbond substituents is 1. The fourth-order valence-electron chi connectivity index (χ4n) is 3.72. The number of aliphatic carboxylic acids is 1. The SMILES string of the molecule is CCC(C)C(NC(=O)C(N)Cc1ccccc1)C(=O)NC(Cc1ccc(O)cc1)C(=O)NC(CO)C(=O)O. The summed E-state index contributed by atoms with van der Waals surface area (Å²) in [6, 6.07) is 10.4. The van der Waals surface area contributed by atoms with Crippen molar-refractivity contribution in [3.8, 4) is 5.75 Å². The Hall–Kier alpha value is -3.96. The zero-order chi connectivity index (χ0) is 28.2. The highest BCUT2D eigenvalue weighted by Crippen LogP contribution is 2.13. The van der Waals surface area contributed by atoms with Crippen molar-refractivity contribution < 1.29 is 34.5 Å². The van der Waals surface area contributed by atoms with E-state index in [4.69, 9.17) is 5.73 Å². The van der Waals surface area contributed by atoms with Crippen LogP contribution in [0.2, 0.25) is 0 Å². The van der Waals surface area contributed by atoms with Gasteiger partial charge in [0, 0.05) is 6.42 Å². The first-order valence-electron chi connectivity index (χ1n) is 12.4. The maximum absolute atomic E-state index is 13.4. The van der Waals surface area contributed by atoms with Gasteiger partial charge in [0.15, 0.2) is 0 Å². The molecular formula is C27H36N4O7. The fraction of sp³-hybridized carbons (Fsp3) is 0.407. The van der Waals surface area contributed by atoms with Crippen molar-refractivity contribution in [3.63, 3.8) is 0 Å². The molecule has 5 unspecified atom stereocenters. The summed E-state index contributed by atoms with van der Waals surface area (Å²) in [4.78, 5) is 50.5. The van der Waals surface area contributed by atoms with Crippen LogP contribution in [0.4, 0.5) is 0 Å². The molecule has 0 aliphatic rings. The zero-order valence-electron chi connectivity index (χ0n) is 21.5. The van der Waals surface area contributed by atoms with Crippen LogP contribution in [0.15, 0.2) is 54.6 Å². The molecule has 0 saturated heterocycles. The number of hydrogen-bond donors (Lipinski definition) is 7. The van der Waals surface area contributed by atoms with E-state index in [0.717, 1.165) is 5.56 Å². The van der Waals surface area contributed by atoms with Crippen molar-refractivity contribution >= 4 is 23.7 Å². The minimum atomic E-state index is -1.57. The largest absolute Gasteiger partial charge is 0.508 e. The summed E-state index contributed by atoms with van der Waals surface area (Å²) in [5.41, 5.74) is 7.53. The molecule has 11 heteroatoms. The number of aromatic hydroxyl groups is 1. The van der Waals surface area contributed by atoms with E-state index in [0.29, 0.717) is 12.0 Å². The van der Waals surface area contributed by atoms with E-state index in [9.17, 15) is 34.5 Å². The lowest BCUT2D eigenvalue weighted by molar-refractivity contribution is -0.143. The molecule has 2 rings (SSSR count). The van der Waals surface area contributed by atoms with Gasteiger partial charge in [-0.2, -0.15) is 0 Å². The second-order valence-corrected chi connectivity index (χ2v) is 9.18. The number of nitrogens with one attached hydrogen (secondary N) is 3. The first-order chi connectivity index (χ1) is 18.0. The second-order valence-electron chi connectivity index (χ2n) is 9.18. The molecule has 0 radical (unpaired) electrons. The lowest BCUT2D eigenvalue weighted by atomic mass is 9.96. The highest BCUT2D eigenvalue weighted by Gasteiger charge is 2.32. The summed E-state index contributed by atoms with van der Waals surface area (Å²) in [6.07, 6.45) is 0.766. The van der Waals surface area contributed by atoms with Crippen molar-refractivity contribution in [3.05, 3.63) is 65.7 Å². The van der Waals surface area contributed by atoms with Crippen molar-refractivity contribution in [1.82, 2.24) is 16.0 Å². The standard InChI is InChI=1S/C27H36N4O7/c1-3-16(2)23(31-24(34)20(28)13-17-7-5-4-6-8-17)26(36)29-21(14-18-9-11-19(33)12-10-18)25(35)30-22(15-32)27(37)38/h4-12,16,20-23,32-33H,3,13-15,28H2,1-2H3,(H,29,36)(H,30,35)(H,31,34)(H,37,38). The topological polar surface area (TPSA) is 191 Å². The molecule has 0 aromatic heterocycles. The Morgan fingerprint density at radius 1 is 0.816 bits per heavy atom. The molecule has 0 bridgehead atoms. The highest BCUT2D eigenvalue weighted by molar-refractivity contribution is 5.94. The van der Waals surface area contributed by atoms with E-state index >= 15 is 0 Å². The van der Waals surface area contributed by atoms with Crippen LogP contribution in [0.1, 0.15) is 31.4 Å². The molecule has 2 aromatic rings. The Labute approximate surface area is 221 Å². The molecule has 206 valence electrons. The van der Waals surface area contributed by atoms with Crippen molar-refractivity contribution in [2.75, 3.05) is 6.61 Å². The van der Waals surface area contributed by atoms with E-state index in [-0.39, 0.29) is 24.5 Å². The van der Waals surface area contributed by atoms with Gasteiger partial charge in [-0.15, -0.1) is 0 Å². The van der Waals surface area contributed by atoms with E-state index in [1.807, 2.05) is 37.3 Å². The number of nitrogens with two attached hydrogens (primary N) is 1. The van der Waals surface area contributed by atoms with Crippen LogP contribution in [0.3, 0.4) is 0 Å². The summed E-state index contributed by atoms with van der Waals surface area (Å²) in [5.74, 6) is -3.74. The lowest BCUT2D eigenvalue weighted by Gasteiger charge is -2.28. The van der Waals surface area contributed by atoms with Crippen LogP contribution in [0.5, 0.6) is 5.75 Å². The van der Waals surface area contributed by atoms with Gasteiger partial charge in [0.2, 0.25) is 17.7 Å². The first-order valence-corrected chi connectivity index (χ1v) is 12.4. The Balaban J connectivity index is 2.21. The predicted octanol–water partition coefficient (Wildman–Crippen LogP) is 0.0821. The third-order valence-corrected chi connectivity index (χ3v) is 6.23. The molecule has 8 N–H and O–H groups in total. The molecule has 0 aliphatic heterocycles. The van der Waals surface area contributed by atoms with Crippen LogP contribution >= 0.6 is 0 Å². The van der Waals surface area contributed by atoms with Gasteiger partial charge in [0.05, 0.1) is 12.6 Å². The summed E-state index contributed by atoms with van der Waals surface area (Å²) in [7, 11) is 0. The number of rotatable bonds is 14. The number of benzene rings is 2. The lowest BCUT2D eigenvalue weighted by Crippen LogP contribution is -2.59. The van der Waals surface area contributed by atoms with Crippen LogP contribution < -0.4 is 21.7 Å². The van der Waals surface area contributed by atoms with Crippen molar-refractivity contribution in [2.24, 2.45) is 11.7 Å². The van der Waals surface area contributed by atoms with Crippen LogP contribution in [-0.4, -0.2) is 69.8 Å². The third kappa shape index (κ3) is 9.16. The normalized spacial score (nSPS) is 14.8. The average Bonchev–Trinajstić information content (AvgIpc) is 2.90. The maximum Gasteiger partial charge on any atom is 0.328 e. The summed E-state index contributed by atoms with van der Waals surface area (Å²) in [6.45, 7) is 2.78. The number of aliphatic hydroxyl groups excluding tert-OH is 1. The first kappa shape index (κ1) is 30.3. The molecular weight excluding hydrogens is 492 g/mol. The Kier molecular flexibility index (Phi) is 11.7. The van der Waals surface area contributed by atoms with Gasteiger partial charge < -0.3 is 37.0 Å². The van der Waals surface area contributed by atoms with E-state index in [1.165, 1.54) is 12.1 Å². The summed E-state index contributed by atoms with van der Waals surface area (Å²) in [5, 5.41) is 35.6. The predicted molar refractivity (Wildman–Crippen MR) is 140 cm³/mol. The van der Waals surface area contributed by atoms with Gasteiger partial charge in [0.25, 0.3) is 0 Å². The second kappa shape index (κ2) is 14.7. The third-order valence-electron chi connectivity index (χ3n) is 6.23. The number of aliphatic hydroxyl groups is 1. The van der Waals surface area contributed by atoms with Crippen molar-refractivity contribution in [1.29, 1.82) is 0 Å². The van der Waals surface area contributed by atoms with Gasteiger partial charge in [-0.25, -0.2) is 4.79 Å². The number of carbonyl (C=O) groups is 4. The van der Waals surface area contributed by atoms with Crippen LogP contribution in [0, 0.1) is 5.92 Å². The van der Waals surface area contributed by atoms with Crippen LogP contribution in [0.25, 0.3) is 0 Å². The monoisotopic (exact) mass is 528 g/mol. The minimum Gasteiger partial charge on any atom is -0.508 e. The molecule has 5 atom stereocenters. The molecule has 0 spiro atoms. The van der Waals surface area contributed by atoms with Gasteiger partial charge in [-0.1, -0.05) is 62.7 Å². The molecule has 3 amide bonds. The zero-order valence-corrected chi connectivity index (χ0v) is 21.5. The van der Waals surface area contributed by atoms with Gasteiger partial charge in [-0.3, -0.25) is 14.4 Å². The smallest absolute Gasteiger partial charge is 0.328 e. The highest BCUT2D eigenvalue weighted by atomic mass is 16.4. The Morgan fingerprint density at radius 3 is 1.95 bits per heavy atom. The molecule has 0 saturated carbocycles. The minimum absolute atomic E-state index is 0.0106. The fourth-order valence-corrected chi connectivity index (χ4v) is 3.72. The summed E-state index contributed by atoms with van der Waals surface area (Å²) >= 11 is 0. The van der Waals surface area contributed by atoms with Crippen LogP contribution in [-0.2, 0) is 32.0 Å². The van der Waals surface area contributed by atoms with E-state index < -0.39 is 54.5 Å². The van der Waals surface area contributed by atoms with Gasteiger partial charge in [-0.05, 0) is 35.6 Å². The van der Waals surface area contributed by atoms with Gasteiger partial charge >= 0.3 is 5.97 Å². The maximum atomic E-state index is 13.4. The number of hydrogen-bond acceptors (Lipinski definition) is 7. The van der Waals surface area contributed by atoms with Gasteiger partial charge in [0.1, 0.15) is 23.9 Å². The average molecular weight is 529 g/mol. The quantitative estimate of drug-likeness (QED) is 0.179. The van der Waals surface area contributed by atoms with E-state index in [1.54, 1.807) is 19.1 Å². The number of carboxylic acids is 1.